The summed E-state index contributed by atoms with van der Waals surface area (Å²) in [7, 11) is 4.56. The topological polar surface area (TPSA) is 15.3 Å². The Morgan fingerprint density at radius 1 is 1.48 bits per heavy atom. The van der Waals surface area contributed by atoms with Gasteiger partial charge in [0, 0.05) is 10.4 Å². The Bertz CT molecular complexity index is 440. The fourth-order valence-corrected chi connectivity index (χ4v) is 5.10. The minimum atomic E-state index is 0.266. The molecule has 1 aromatic rings. The Balaban J connectivity index is 2.38. The minimum Gasteiger partial charge on any atom is -0.308 e. The van der Waals surface area contributed by atoms with Crippen LogP contribution in [0.2, 0.25) is 0 Å². The SMILES string of the molecule is CCCNC(c1sccc1C)C1(N(C)C)CCCC(C)C1. The van der Waals surface area contributed by atoms with Gasteiger partial charge in [0.15, 0.2) is 0 Å². The molecule has 1 aliphatic carbocycles. The summed E-state index contributed by atoms with van der Waals surface area (Å²) in [4.78, 5) is 4.06. The Labute approximate surface area is 134 Å². The van der Waals surface area contributed by atoms with E-state index in [1.165, 1.54) is 37.7 Å². The minimum absolute atomic E-state index is 0.266. The summed E-state index contributed by atoms with van der Waals surface area (Å²) in [6.07, 6.45) is 6.55. The van der Waals surface area contributed by atoms with Gasteiger partial charge in [-0.25, -0.2) is 0 Å². The lowest BCUT2D eigenvalue weighted by atomic mass is 9.70. The predicted octanol–water partition coefficient (Wildman–Crippen LogP) is 4.61. The van der Waals surface area contributed by atoms with E-state index < -0.39 is 0 Å². The molecule has 3 atom stereocenters. The van der Waals surface area contributed by atoms with Gasteiger partial charge < -0.3 is 10.2 Å². The number of hydrogen-bond acceptors (Lipinski definition) is 3. The first-order valence-corrected chi connectivity index (χ1v) is 9.34. The molecule has 0 bridgehead atoms. The third kappa shape index (κ3) is 3.52. The normalized spacial score (nSPS) is 28.0. The highest BCUT2D eigenvalue weighted by Crippen LogP contribution is 2.45. The summed E-state index contributed by atoms with van der Waals surface area (Å²) in [5.41, 5.74) is 1.72. The van der Waals surface area contributed by atoms with Crippen LogP contribution in [0.5, 0.6) is 0 Å². The van der Waals surface area contributed by atoms with Gasteiger partial charge in [-0.05, 0) is 69.8 Å². The van der Waals surface area contributed by atoms with E-state index in [2.05, 4.69) is 56.5 Å². The second-order valence-corrected chi connectivity index (χ2v) is 8.00. The molecule has 120 valence electrons. The molecule has 1 N–H and O–H groups in total. The van der Waals surface area contributed by atoms with Gasteiger partial charge in [-0.15, -0.1) is 11.3 Å². The van der Waals surface area contributed by atoms with Crippen LogP contribution in [0.1, 0.15) is 62.4 Å². The number of hydrogen-bond donors (Lipinski definition) is 1. The summed E-state index contributed by atoms with van der Waals surface area (Å²) < 4.78 is 0. The van der Waals surface area contributed by atoms with Crippen molar-refractivity contribution in [2.24, 2.45) is 5.92 Å². The Morgan fingerprint density at radius 2 is 2.24 bits per heavy atom. The molecule has 2 rings (SSSR count). The largest absolute Gasteiger partial charge is 0.308 e. The van der Waals surface area contributed by atoms with Crippen molar-refractivity contribution in [2.75, 3.05) is 20.6 Å². The first-order chi connectivity index (χ1) is 10.0. The molecule has 1 saturated carbocycles. The van der Waals surface area contributed by atoms with Crippen molar-refractivity contribution >= 4 is 11.3 Å². The lowest BCUT2D eigenvalue weighted by Gasteiger charge is -2.50. The van der Waals surface area contributed by atoms with Crippen LogP contribution in [0.15, 0.2) is 11.4 Å². The summed E-state index contributed by atoms with van der Waals surface area (Å²) >= 11 is 1.93. The van der Waals surface area contributed by atoms with Gasteiger partial charge in [-0.3, -0.25) is 0 Å². The fourth-order valence-electron chi connectivity index (χ4n) is 3.99. The number of rotatable bonds is 6. The molecule has 2 nitrogen and oxygen atoms in total. The van der Waals surface area contributed by atoms with Crippen molar-refractivity contribution in [2.45, 2.75) is 64.5 Å². The quantitative estimate of drug-likeness (QED) is 0.825. The standard InChI is InChI=1S/C18H32N2S/c1-6-11-19-17(16-15(3)9-12-21-16)18(20(4)5)10-7-8-14(2)13-18/h9,12,14,17,19H,6-8,10-11,13H2,1-5H3. The summed E-state index contributed by atoms with van der Waals surface area (Å²) in [5, 5.41) is 6.14. The number of nitrogens with one attached hydrogen (secondary N) is 1. The van der Waals surface area contributed by atoms with Crippen LogP contribution in [-0.2, 0) is 0 Å². The number of likely N-dealkylation sites (N-methyl/N-ethyl adjacent to an activating group) is 1. The maximum Gasteiger partial charge on any atom is 0.0604 e. The third-order valence-corrected chi connectivity index (χ3v) is 6.28. The molecule has 0 saturated heterocycles. The van der Waals surface area contributed by atoms with E-state index in [1.807, 2.05) is 11.3 Å². The zero-order valence-electron chi connectivity index (χ0n) is 14.4. The van der Waals surface area contributed by atoms with E-state index in [0.717, 1.165) is 12.5 Å². The molecule has 1 aromatic heterocycles. The van der Waals surface area contributed by atoms with Crippen LogP contribution < -0.4 is 5.32 Å². The highest BCUT2D eigenvalue weighted by molar-refractivity contribution is 7.10. The Morgan fingerprint density at radius 3 is 2.76 bits per heavy atom. The van der Waals surface area contributed by atoms with Crippen molar-refractivity contribution in [1.82, 2.24) is 10.2 Å². The molecule has 0 aliphatic heterocycles. The van der Waals surface area contributed by atoms with Gasteiger partial charge in [0.05, 0.1) is 6.04 Å². The van der Waals surface area contributed by atoms with E-state index in [-0.39, 0.29) is 5.54 Å². The van der Waals surface area contributed by atoms with Gasteiger partial charge in [0.25, 0.3) is 0 Å². The molecule has 1 fully saturated rings. The maximum atomic E-state index is 3.89. The highest BCUT2D eigenvalue weighted by atomic mass is 32.1. The molecule has 3 heteroatoms. The van der Waals surface area contributed by atoms with Crippen molar-refractivity contribution in [3.05, 3.63) is 21.9 Å². The first-order valence-electron chi connectivity index (χ1n) is 8.46. The third-order valence-electron chi connectivity index (χ3n) is 5.20. The van der Waals surface area contributed by atoms with E-state index in [1.54, 1.807) is 4.88 Å². The molecule has 0 radical (unpaired) electrons. The average Bonchev–Trinajstić information content (AvgIpc) is 2.85. The summed E-state index contributed by atoms with van der Waals surface area (Å²) in [5.74, 6) is 0.826. The smallest absolute Gasteiger partial charge is 0.0604 e. The first kappa shape index (κ1) is 17.0. The summed E-state index contributed by atoms with van der Waals surface area (Å²) in [6.45, 7) is 8.06. The molecule has 0 aromatic carbocycles. The number of aryl methyl sites for hydroxylation is 1. The maximum absolute atomic E-state index is 3.89. The van der Waals surface area contributed by atoms with Crippen molar-refractivity contribution in [1.29, 1.82) is 0 Å². The molecule has 3 unspecified atom stereocenters. The van der Waals surface area contributed by atoms with Crippen LogP contribution in [0.25, 0.3) is 0 Å². The number of thiophene rings is 1. The lowest BCUT2D eigenvalue weighted by molar-refractivity contribution is 0.0377. The van der Waals surface area contributed by atoms with Crippen molar-refractivity contribution in [3.63, 3.8) is 0 Å². The molecule has 21 heavy (non-hydrogen) atoms. The van der Waals surface area contributed by atoms with E-state index >= 15 is 0 Å². The van der Waals surface area contributed by atoms with Crippen molar-refractivity contribution in [3.8, 4) is 0 Å². The summed E-state index contributed by atoms with van der Waals surface area (Å²) in [6, 6.07) is 2.74. The predicted molar refractivity (Wildman–Crippen MR) is 94.1 cm³/mol. The van der Waals surface area contributed by atoms with Gasteiger partial charge in [0.2, 0.25) is 0 Å². The van der Waals surface area contributed by atoms with Crippen LogP contribution in [0, 0.1) is 12.8 Å². The van der Waals surface area contributed by atoms with Crippen LogP contribution >= 0.6 is 11.3 Å². The molecular formula is C18H32N2S. The molecule has 0 amide bonds. The van der Waals surface area contributed by atoms with Crippen LogP contribution in [-0.4, -0.2) is 31.1 Å². The zero-order chi connectivity index (χ0) is 15.5. The van der Waals surface area contributed by atoms with Gasteiger partial charge in [0.1, 0.15) is 0 Å². The van der Waals surface area contributed by atoms with Gasteiger partial charge in [-0.1, -0.05) is 26.7 Å². The van der Waals surface area contributed by atoms with E-state index in [9.17, 15) is 0 Å². The highest BCUT2D eigenvalue weighted by Gasteiger charge is 2.44. The molecule has 1 heterocycles. The Hall–Kier alpha value is -0.380. The van der Waals surface area contributed by atoms with E-state index in [0.29, 0.717) is 6.04 Å². The van der Waals surface area contributed by atoms with E-state index in [4.69, 9.17) is 0 Å². The second-order valence-electron chi connectivity index (χ2n) is 7.05. The average molecular weight is 309 g/mol. The fraction of sp³-hybridized carbons (Fsp3) is 0.778. The Kier molecular flexibility index (Phi) is 5.87. The van der Waals surface area contributed by atoms with Crippen molar-refractivity contribution < 1.29 is 0 Å². The molecule has 1 aliphatic rings. The van der Waals surface area contributed by atoms with Gasteiger partial charge in [-0.2, -0.15) is 0 Å². The lowest BCUT2D eigenvalue weighted by Crippen LogP contribution is -2.56. The molecule has 0 spiro atoms. The van der Waals surface area contributed by atoms with Crippen LogP contribution in [0.3, 0.4) is 0 Å². The van der Waals surface area contributed by atoms with Gasteiger partial charge >= 0.3 is 0 Å². The monoisotopic (exact) mass is 308 g/mol. The molecular weight excluding hydrogens is 276 g/mol. The second kappa shape index (κ2) is 7.26. The number of nitrogens with zero attached hydrogens (tertiary/aromatic N) is 1. The van der Waals surface area contributed by atoms with Crippen LogP contribution in [0.4, 0.5) is 0 Å². The zero-order valence-corrected chi connectivity index (χ0v) is 15.2.